The van der Waals surface area contributed by atoms with E-state index in [0.29, 0.717) is 17.5 Å². The zero-order valence-corrected chi connectivity index (χ0v) is 26.3. The maximum Gasteiger partial charge on any atom is 0.164 e. The lowest BCUT2D eigenvalue weighted by Gasteiger charge is -2.13. The Bertz CT molecular complexity index is 2890. The van der Waals surface area contributed by atoms with E-state index in [2.05, 4.69) is 121 Å². The largest absolute Gasteiger partial charge is 0.456 e. The van der Waals surface area contributed by atoms with E-state index in [0.717, 1.165) is 55.1 Å². The van der Waals surface area contributed by atoms with E-state index in [9.17, 15) is 0 Å². The Labute approximate surface area is 282 Å². The van der Waals surface area contributed by atoms with Gasteiger partial charge in [0.1, 0.15) is 11.2 Å². The van der Waals surface area contributed by atoms with E-state index in [1.165, 1.54) is 26.9 Å². The van der Waals surface area contributed by atoms with Crippen LogP contribution in [0.3, 0.4) is 0 Å². The molecule has 8 aromatic carbocycles. The standard InChI is InChI=1S/C45H27N3O/c1-2-11-28(12-3-1)33-15-6-7-16-37(33)44-46-43(47-45(48-44)39-18-10-20-41-42(39)38-17-8-9-19-40(38)49-41)31-23-24-34-30(27-31)22-26-35-32-14-5-4-13-29(32)21-25-36(34)35/h1-27H. The zero-order valence-electron chi connectivity index (χ0n) is 26.3. The third-order valence-corrected chi connectivity index (χ3v) is 9.53. The molecule has 0 saturated carbocycles. The fourth-order valence-electron chi connectivity index (χ4n) is 7.22. The SMILES string of the molecule is c1ccc(-c2ccccc2-c2nc(-c3ccc4c(ccc5c6ccccc6ccc45)c3)nc(-c3cccc4oc5ccccc5c34)n2)cc1. The monoisotopic (exact) mass is 625 g/mol. The smallest absolute Gasteiger partial charge is 0.164 e. The number of nitrogens with zero attached hydrogens (tertiary/aromatic N) is 3. The molecule has 0 amide bonds. The van der Waals surface area contributed by atoms with Gasteiger partial charge in [0.05, 0.1) is 0 Å². The van der Waals surface area contributed by atoms with E-state index in [1.807, 2.05) is 42.5 Å². The molecule has 0 saturated heterocycles. The van der Waals surface area contributed by atoms with E-state index in [-0.39, 0.29) is 0 Å². The summed E-state index contributed by atoms with van der Waals surface area (Å²) in [7, 11) is 0. The summed E-state index contributed by atoms with van der Waals surface area (Å²) >= 11 is 0. The van der Waals surface area contributed by atoms with Crippen LogP contribution in [0.2, 0.25) is 0 Å². The molecule has 0 radical (unpaired) electrons. The first kappa shape index (κ1) is 27.5. The Morgan fingerprint density at radius 1 is 0.327 bits per heavy atom. The van der Waals surface area contributed by atoms with Gasteiger partial charge in [-0.15, -0.1) is 0 Å². The molecule has 0 aliphatic rings. The predicted octanol–water partition coefficient (Wildman–Crippen LogP) is 11.9. The minimum Gasteiger partial charge on any atom is -0.456 e. The van der Waals surface area contributed by atoms with Crippen molar-refractivity contribution >= 4 is 54.3 Å². The summed E-state index contributed by atoms with van der Waals surface area (Å²) < 4.78 is 6.26. The molecule has 0 bridgehead atoms. The van der Waals surface area contributed by atoms with Crippen molar-refractivity contribution in [1.82, 2.24) is 15.0 Å². The molecule has 0 unspecified atom stereocenters. The first-order valence-electron chi connectivity index (χ1n) is 16.4. The van der Waals surface area contributed by atoms with Crippen molar-refractivity contribution in [3.63, 3.8) is 0 Å². The molecule has 0 aliphatic carbocycles. The molecule has 2 heterocycles. The Morgan fingerprint density at radius 3 is 1.78 bits per heavy atom. The predicted molar refractivity (Wildman–Crippen MR) is 201 cm³/mol. The number of aromatic nitrogens is 3. The minimum atomic E-state index is 0.602. The second kappa shape index (κ2) is 11.0. The molecule has 0 atom stereocenters. The van der Waals surface area contributed by atoms with Gasteiger partial charge in [0.15, 0.2) is 17.5 Å². The molecule has 49 heavy (non-hydrogen) atoms. The van der Waals surface area contributed by atoms with Crippen molar-refractivity contribution in [2.75, 3.05) is 0 Å². The Morgan fingerprint density at radius 2 is 0.918 bits per heavy atom. The van der Waals surface area contributed by atoms with Crippen LogP contribution in [0.15, 0.2) is 168 Å². The van der Waals surface area contributed by atoms with Crippen LogP contribution in [0.5, 0.6) is 0 Å². The van der Waals surface area contributed by atoms with Crippen LogP contribution in [-0.4, -0.2) is 15.0 Å². The van der Waals surface area contributed by atoms with Gasteiger partial charge in [0.2, 0.25) is 0 Å². The molecule has 0 spiro atoms. The molecule has 10 rings (SSSR count). The number of benzene rings is 8. The highest BCUT2D eigenvalue weighted by atomic mass is 16.3. The van der Waals surface area contributed by atoms with Crippen LogP contribution in [0.1, 0.15) is 0 Å². The Hall–Kier alpha value is -6.65. The number of furan rings is 1. The Balaban J connectivity index is 1.22. The molecule has 4 nitrogen and oxygen atoms in total. The summed E-state index contributed by atoms with van der Waals surface area (Å²) in [6.07, 6.45) is 0. The van der Waals surface area contributed by atoms with Gasteiger partial charge in [0, 0.05) is 27.5 Å². The highest BCUT2D eigenvalue weighted by Crippen LogP contribution is 2.38. The average Bonchev–Trinajstić information content (AvgIpc) is 3.56. The quantitative estimate of drug-likeness (QED) is 0.183. The molecule has 2 aromatic heterocycles. The van der Waals surface area contributed by atoms with Crippen molar-refractivity contribution in [3.05, 3.63) is 164 Å². The second-order valence-electron chi connectivity index (χ2n) is 12.4. The van der Waals surface area contributed by atoms with Crippen LogP contribution < -0.4 is 0 Å². The number of fused-ring (bicyclic) bond motifs is 8. The second-order valence-corrected chi connectivity index (χ2v) is 12.4. The number of hydrogen-bond donors (Lipinski definition) is 0. The van der Waals surface area contributed by atoms with E-state index in [4.69, 9.17) is 19.4 Å². The Kier molecular flexibility index (Phi) is 6.15. The van der Waals surface area contributed by atoms with E-state index in [1.54, 1.807) is 0 Å². The van der Waals surface area contributed by atoms with Crippen LogP contribution in [0.25, 0.3) is 99.5 Å². The van der Waals surface area contributed by atoms with Gasteiger partial charge in [0.25, 0.3) is 0 Å². The molecule has 0 fully saturated rings. The lowest BCUT2D eigenvalue weighted by molar-refractivity contribution is 0.669. The van der Waals surface area contributed by atoms with Crippen molar-refractivity contribution in [1.29, 1.82) is 0 Å². The number of rotatable bonds is 4. The van der Waals surface area contributed by atoms with Gasteiger partial charge < -0.3 is 4.42 Å². The number of para-hydroxylation sites is 1. The minimum absolute atomic E-state index is 0.602. The van der Waals surface area contributed by atoms with E-state index < -0.39 is 0 Å². The van der Waals surface area contributed by atoms with Gasteiger partial charge in [-0.25, -0.2) is 15.0 Å². The third-order valence-electron chi connectivity index (χ3n) is 9.53. The lowest BCUT2D eigenvalue weighted by Crippen LogP contribution is -2.01. The maximum absolute atomic E-state index is 6.26. The third kappa shape index (κ3) is 4.49. The maximum atomic E-state index is 6.26. The summed E-state index contributed by atoms with van der Waals surface area (Å²) in [4.78, 5) is 15.6. The fraction of sp³-hybridized carbons (Fsp3) is 0. The summed E-state index contributed by atoms with van der Waals surface area (Å²) in [6, 6.07) is 56.9. The summed E-state index contributed by atoms with van der Waals surface area (Å²) in [6.45, 7) is 0. The number of hydrogen-bond acceptors (Lipinski definition) is 4. The molecule has 4 heteroatoms. The highest BCUT2D eigenvalue weighted by molar-refractivity contribution is 6.17. The van der Waals surface area contributed by atoms with Gasteiger partial charge in [-0.05, 0) is 61.6 Å². The van der Waals surface area contributed by atoms with Crippen molar-refractivity contribution in [2.24, 2.45) is 0 Å². The fourth-order valence-corrected chi connectivity index (χ4v) is 7.22. The first-order chi connectivity index (χ1) is 24.3. The van der Waals surface area contributed by atoms with E-state index >= 15 is 0 Å². The van der Waals surface area contributed by atoms with Gasteiger partial charge >= 0.3 is 0 Å². The van der Waals surface area contributed by atoms with Crippen LogP contribution >= 0.6 is 0 Å². The lowest BCUT2D eigenvalue weighted by atomic mass is 9.96. The molecule has 0 aliphatic heterocycles. The summed E-state index contributed by atoms with van der Waals surface area (Å²) in [5.41, 5.74) is 6.59. The summed E-state index contributed by atoms with van der Waals surface area (Å²) in [5.74, 6) is 1.84. The highest BCUT2D eigenvalue weighted by Gasteiger charge is 2.19. The van der Waals surface area contributed by atoms with Gasteiger partial charge in [-0.2, -0.15) is 0 Å². The molecule has 0 N–H and O–H groups in total. The van der Waals surface area contributed by atoms with Crippen LogP contribution in [-0.2, 0) is 0 Å². The van der Waals surface area contributed by atoms with Crippen molar-refractivity contribution in [3.8, 4) is 45.3 Å². The molecular weight excluding hydrogens is 599 g/mol. The molecular formula is C45H27N3O. The van der Waals surface area contributed by atoms with Crippen molar-refractivity contribution in [2.45, 2.75) is 0 Å². The first-order valence-corrected chi connectivity index (χ1v) is 16.4. The van der Waals surface area contributed by atoms with Gasteiger partial charge in [-0.3, -0.25) is 0 Å². The summed E-state index contributed by atoms with van der Waals surface area (Å²) in [5, 5.41) is 9.35. The average molecular weight is 626 g/mol. The van der Waals surface area contributed by atoms with Gasteiger partial charge in [-0.1, -0.05) is 146 Å². The topological polar surface area (TPSA) is 51.8 Å². The zero-order chi connectivity index (χ0) is 32.3. The van der Waals surface area contributed by atoms with Crippen molar-refractivity contribution < 1.29 is 4.42 Å². The normalized spacial score (nSPS) is 11.7. The van der Waals surface area contributed by atoms with Crippen LogP contribution in [0, 0.1) is 0 Å². The molecule has 228 valence electrons. The molecule has 10 aromatic rings. The van der Waals surface area contributed by atoms with Crippen LogP contribution in [0.4, 0.5) is 0 Å².